The van der Waals surface area contributed by atoms with Crippen molar-refractivity contribution < 1.29 is 4.42 Å². The van der Waals surface area contributed by atoms with E-state index in [9.17, 15) is 0 Å². The van der Waals surface area contributed by atoms with E-state index in [2.05, 4.69) is 28.5 Å². The van der Waals surface area contributed by atoms with E-state index in [-0.39, 0.29) is 5.88 Å². The summed E-state index contributed by atoms with van der Waals surface area (Å²) in [5.74, 6) is 0.635. The molecular weight excluding hydrogens is 226 g/mol. The van der Waals surface area contributed by atoms with Crippen molar-refractivity contribution in [1.82, 2.24) is 10.2 Å². The van der Waals surface area contributed by atoms with Gasteiger partial charge in [-0.05, 0) is 25.5 Å². The molecule has 84 valence electrons. The second kappa shape index (κ2) is 4.53. The molecule has 1 heterocycles. The highest BCUT2D eigenvalue weighted by molar-refractivity contribution is 6.16. The predicted octanol–water partition coefficient (Wildman–Crippen LogP) is 3.17. The van der Waals surface area contributed by atoms with Gasteiger partial charge in [0.2, 0.25) is 5.89 Å². The van der Waals surface area contributed by atoms with Gasteiger partial charge in [0.05, 0.1) is 0 Å². The molecule has 0 radical (unpaired) electrons. The standard InChI is InChI=1S/C11H12ClN3O/c1-7-3-4-9(8(2)5-7)13-11-15-14-10(6-12)16-11/h3-5H,6H2,1-2H3,(H,13,15). The maximum absolute atomic E-state index is 5.57. The fourth-order valence-electron chi connectivity index (χ4n) is 1.43. The molecule has 4 nitrogen and oxygen atoms in total. The number of aromatic nitrogens is 2. The first-order chi connectivity index (χ1) is 7.69. The van der Waals surface area contributed by atoms with Crippen molar-refractivity contribution in [2.75, 3.05) is 5.32 Å². The van der Waals surface area contributed by atoms with E-state index < -0.39 is 0 Å². The van der Waals surface area contributed by atoms with E-state index in [1.54, 1.807) is 0 Å². The molecule has 1 N–H and O–H groups in total. The topological polar surface area (TPSA) is 51.0 Å². The Morgan fingerprint density at radius 2 is 2.12 bits per heavy atom. The predicted molar refractivity (Wildman–Crippen MR) is 63.1 cm³/mol. The lowest BCUT2D eigenvalue weighted by Crippen LogP contribution is -1.93. The van der Waals surface area contributed by atoms with Gasteiger partial charge in [-0.15, -0.1) is 16.7 Å². The van der Waals surface area contributed by atoms with Gasteiger partial charge in [0.1, 0.15) is 5.88 Å². The summed E-state index contributed by atoms with van der Waals surface area (Å²) in [6, 6.07) is 6.45. The molecular formula is C11H12ClN3O. The highest BCUT2D eigenvalue weighted by Gasteiger charge is 2.06. The Hall–Kier alpha value is -1.55. The monoisotopic (exact) mass is 237 g/mol. The average Bonchev–Trinajstić information content (AvgIpc) is 2.70. The molecule has 16 heavy (non-hydrogen) atoms. The summed E-state index contributed by atoms with van der Waals surface area (Å²) in [5, 5.41) is 10.7. The number of alkyl halides is 1. The smallest absolute Gasteiger partial charge is 0.320 e. The highest BCUT2D eigenvalue weighted by Crippen LogP contribution is 2.20. The van der Waals surface area contributed by atoms with E-state index in [0.29, 0.717) is 11.9 Å². The van der Waals surface area contributed by atoms with Crippen molar-refractivity contribution in [2.45, 2.75) is 19.7 Å². The number of nitrogens with zero attached hydrogens (tertiary/aromatic N) is 2. The normalized spacial score (nSPS) is 10.4. The molecule has 2 aromatic rings. The van der Waals surface area contributed by atoms with Crippen molar-refractivity contribution in [1.29, 1.82) is 0 Å². The fourth-order valence-corrected chi connectivity index (χ4v) is 1.54. The summed E-state index contributed by atoms with van der Waals surface area (Å²) in [6.07, 6.45) is 0. The summed E-state index contributed by atoms with van der Waals surface area (Å²) in [6.45, 7) is 4.07. The Kier molecular flexibility index (Phi) is 3.10. The van der Waals surface area contributed by atoms with E-state index in [1.807, 2.05) is 19.1 Å². The van der Waals surface area contributed by atoms with Crippen LogP contribution in [0.4, 0.5) is 11.7 Å². The molecule has 0 amide bonds. The van der Waals surface area contributed by atoms with Crippen LogP contribution in [0.15, 0.2) is 22.6 Å². The highest BCUT2D eigenvalue weighted by atomic mass is 35.5. The van der Waals surface area contributed by atoms with Crippen LogP contribution in [0, 0.1) is 13.8 Å². The summed E-state index contributed by atoms with van der Waals surface area (Å²) in [7, 11) is 0. The van der Waals surface area contributed by atoms with Crippen LogP contribution < -0.4 is 5.32 Å². The van der Waals surface area contributed by atoms with Crippen LogP contribution in [0.1, 0.15) is 17.0 Å². The van der Waals surface area contributed by atoms with Gasteiger partial charge in [-0.25, -0.2) is 0 Å². The minimum Gasteiger partial charge on any atom is -0.407 e. The summed E-state index contributed by atoms with van der Waals surface area (Å²) in [4.78, 5) is 0. The van der Waals surface area contributed by atoms with Gasteiger partial charge in [-0.3, -0.25) is 0 Å². The third kappa shape index (κ3) is 2.33. The molecule has 0 bridgehead atoms. The first kappa shape index (κ1) is 11.0. The molecule has 0 saturated heterocycles. The van der Waals surface area contributed by atoms with Gasteiger partial charge < -0.3 is 9.73 Å². The molecule has 0 aliphatic carbocycles. The Balaban J connectivity index is 2.20. The number of aryl methyl sites for hydroxylation is 2. The number of anilines is 2. The summed E-state index contributed by atoms with van der Waals surface area (Å²) < 4.78 is 5.26. The largest absolute Gasteiger partial charge is 0.407 e. The van der Waals surface area contributed by atoms with Crippen molar-refractivity contribution in [3.63, 3.8) is 0 Å². The Bertz CT molecular complexity index is 496. The van der Waals surface area contributed by atoms with Crippen molar-refractivity contribution >= 4 is 23.3 Å². The molecule has 0 aliphatic heterocycles. The van der Waals surface area contributed by atoms with Gasteiger partial charge in [0, 0.05) is 5.69 Å². The number of nitrogens with one attached hydrogen (secondary N) is 1. The zero-order valence-electron chi connectivity index (χ0n) is 9.12. The third-order valence-electron chi connectivity index (χ3n) is 2.20. The molecule has 0 saturated carbocycles. The zero-order valence-corrected chi connectivity index (χ0v) is 9.88. The van der Waals surface area contributed by atoms with Crippen LogP contribution in [0.5, 0.6) is 0 Å². The quantitative estimate of drug-likeness (QED) is 0.833. The molecule has 0 spiro atoms. The first-order valence-corrected chi connectivity index (χ1v) is 5.45. The molecule has 2 rings (SSSR count). The number of benzene rings is 1. The van der Waals surface area contributed by atoms with E-state index in [4.69, 9.17) is 16.0 Å². The van der Waals surface area contributed by atoms with Gasteiger partial charge in [0.25, 0.3) is 0 Å². The van der Waals surface area contributed by atoms with Crippen molar-refractivity contribution in [2.24, 2.45) is 0 Å². The molecule has 0 atom stereocenters. The fraction of sp³-hybridized carbons (Fsp3) is 0.273. The Morgan fingerprint density at radius 3 is 2.75 bits per heavy atom. The first-order valence-electron chi connectivity index (χ1n) is 4.91. The van der Waals surface area contributed by atoms with Crippen LogP contribution in [-0.2, 0) is 5.88 Å². The lowest BCUT2D eigenvalue weighted by Gasteiger charge is -2.05. The Morgan fingerprint density at radius 1 is 1.31 bits per heavy atom. The van der Waals surface area contributed by atoms with Crippen LogP contribution in [0.25, 0.3) is 0 Å². The molecule has 0 unspecified atom stereocenters. The number of halogens is 1. The van der Waals surface area contributed by atoms with Crippen LogP contribution in [-0.4, -0.2) is 10.2 Å². The van der Waals surface area contributed by atoms with Crippen molar-refractivity contribution in [3.05, 3.63) is 35.2 Å². The van der Waals surface area contributed by atoms with E-state index in [1.165, 1.54) is 5.56 Å². The number of hydrogen-bond donors (Lipinski definition) is 1. The number of hydrogen-bond acceptors (Lipinski definition) is 4. The second-order valence-corrected chi connectivity index (χ2v) is 3.85. The average molecular weight is 238 g/mol. The van der Waals surface area contributed by atoms with Gasteiger partial charge >= 0.3 is 6.01 Å². The van der Waals surface area contributed by atoms with E-state index >= 15 is 0 Å². The molecule has 0 aliphatic rings. The van der Waals surface area contributed by atoms with Crippen LogP contribution >= 0.6 is 11.6 Å². The molecule has 1 aromatic carbocycles. The maximum atomic E-state index is 5.57. The lowest BCUT2D eigenvalue weighted by molar-refractivity contribution is 0.530. The second-order valence-electron chi connectivity index (χ2n) is 3.58. The molecule has 1 aromatic heterocycles. The Labute approximate surface area is 98.6 Å². The van der Waals surface area contributed by atoms with Gasteiger partial charge in [0.15, 0.2) is 0 Å². The summed E-state index contributed by atoms with van der Waals surface area (Å²) in [5.41, 5.74) is 3.30. The third-order valence-corrected chi connectivity index (χ3v) is 2.43. The van der Waals surface area contributed by atoms with E-state index in [0.717, 1.165) is 11.3 Å². The molecule has 5 heteroatoms. The van der Waals surface area contributed by atoms with Crippen LogP contribution in [0.2, 0.25) is 0 Å². The number of rotatable bonds is 3. The zero-order chi connectivity index (χ0) is 11.5. The molecule has 0 fully saturated rings. The summed E-state index contributed by atoms with van der Waals surface area (Å²) >= 11 is 5.57. The minimum atomic E-state index is 0.224. The van der Waals surface area contributed by atoms with Gasteiger partial charge in [-0.1, -0.05) is 22.8 Å². The maximum Gasteiger partial charge on any atom is 0.320 e. The lowest BCUT2D eigenvalue weighted by atomic mass is 10.1. The minimum absolute atomic E-state index is 0.224. The van der Waals surface area contributed by atoms with Crippen molar-refractivity contribution in [3.8, 4) is 0 Å². The SMILES string of the molecule is Cc1ccc(Nc2nnc(CCl)o2)c(C)c1. The van der Waals surface area contributed by atoms with Gasteiger partial charge in [-0.2, -0.15) is 0 Å². The van der Waals surface area contributed by atoms with Crippen LogP contribution in [0.3, 0.4) is 0 Å².